The van der Waals surface area contributed by atoms with Crippen molar-refractivity contribution in [2.45, 2.75) is 74.7 Å². The summed E-state index contributed by atoms with van der Waals surface area (Å²) in [7, 11) is -3.97. The Morgan fingerprint density at radius 2 is 1.48 bits per heavy atom. The van der Waals surface area contributed by atoms with Gasteiger partial charge in [0, 0.05) is 29.9 Å². The van der Waals surface area contributed by atoms with Crippen molar-refractivity contribution in [1.29, 1.82) is 0 Å². The molecule has 9 nitrogen and oxygen atoms in total. The second kappa shape index (κ2) is 19.7. The van der Waals surface area contributed by atoms with E-state index in [9.17, 15) is 13.2 Å². The normalized spacial score (nSPS) is 12.0. The lowest BCUT2D eigenvalue weighted by atomic mass is 10.0. The Labute approximate surface area is 299 Å². The van der Waals surface area contributed by atoms with E-state index in [0.29, 0.717) is 12.4 Å². The number of aryl methyl sites for hydroxylation is 1. The predicted octanol–water partition coefficient (Wildman–Crippen LogP) is 8.18. The highest BCUT2D eigenvalue weighted by Crippen LogP contribution is 2.27. The van der Waals surface area contributed by atoms with E-state index in [-0.39, 0.29) is 29.8 Å². The molecule has 0 aliphatic carbocycles. The average Bonchev–Trinajstić information content (AvgIpc) is 3.70. The fraction of sp³-hybridized carbons (Fsp3) is 0.333. The van der Waals surface area contributed by atoms with Gasteiger partial charge in [0.1, 0.15) is 17.4 Å². The molecule has 3 aromatic heterocycles. The number of sulfone groups is 1. The molecule has 0 spiro atoms. The van der Waals surface area contributed by atoms with Gasteiger partial charge >= 0.3 is 5.97 Å². The van der Waals surface area contributed by atoms with Crippen LogP contribution in [-0.2, 0) is 32.3 Å². The number of ether oxygens (including phenoxy) is 1. The van der Waals surface area contributed by atoms with Gasteiger partial charge in [-0.05, 0) is 54.7 Å². The fourth-order valence-electron chi connectivity index (χ4n) is 5.58. The van der Waals surface area contributed by atoms with Gasteiger partial charge in [0.05, 0.1) is 12.3 Å². The van der Waals surface area contributed by atoms with Gasteiger partial charge in [-0.25, -0.2) is 23.4 Å². The number of hydrogen-bond donors (Lipinski definition) is 2. The quantitative estimate of drug-likeness (QED) is 0.0573. The minimum Gasteiger partial charge on any atom is -0.464 e. The van der Waals surface area contributed by atoms with Crippen LogP contribution in [0.5, 0.6) is 0 Å². The lowest BCUT2D eigenvalue weighted by molar-refractivity contribution is -0.141. The molecule has 1 atom stereocenters. The van der Waals surface area contributed by atoms with Crippen molar-refractivity contribution in [2.24, 2.45) is 0 Å². The fourth-order valence-corrected chi connectivity index (χ4v) is 7.70. The maximum atomic E-state index is 13.8. The first-order valence-electron chi connectivity index (χ1n) is 17.3. The van der Waals surface area contributed by atoms with E-state index >= 15 is 0 Å². The van der Waals surface area contributed by atoms with Gasteiger partial charge in [-0.15, -0.1) is 11.3 Å². The molecule has 0 fully saturated rings. The standard InChI is InChI=1S/C39H45N5O4S2/c45-37(48-27-13-6-4-2-1-3-5-8-15-31-16-9-7-10-17-31)30-42-35-19-14-18-34(44-35)39(50(46,47)36-20-11-12-25-40-36)43-29-32-21-23-33(24-22-32)38-41-26-28-49-38/h7,9-12,14,16-26,28,39,43H,1-6,8,13,15,27,29-30H2,(H,42,44). The van der Waals surface area contributed by atoms with E-state index in [2.05, 4.69) is 55.9 Å². The number of pyridine rings is 2. The Kier molecular flexibility index (Phi) is 14.5. The topological polar surface area (TPSA) is 123 Å². The number of hydrogen-bond acceptors (Lipinski definition) is 10. The summed E-state index contributed by atoms with van der Waals surface area (Å²) in [5, 5.41) is 7.78. The van der Waals surface area contributed by atoms with Gasteiger partial charge in [-0.2, -0.15) is 0 Å². The van der Waals surface area contributed by atoms with Gasteiger partial charge in [0.15, 0.2) is 10.4 Å². The SMILES string of the molecule is O=C(CNc1cccc(C(NCc2ccc(-c3nccs3)cc2)S(=O)(=O)c2ccccn2)n1)OCCCCCCCCCCc1ccccc1. The Morgan fingerprint density at radius 3 is 2.20 bits per heavy atom. The zero-order valence-corrected chi connectivity index (χ0v) is 29.9. The molecule has 0 saturated heterocycles. The first kappa shape index (κ1) is 36.8. The van der Waals surface area contributed by atoms with Crippen molar-refractivity contribution in [3.8, 4) is 10.6 Å². The van der Waals surface area contributed by atoms with Crippen LogP contribution < -0.4 is 10.6 Å². The zero-order chi connectivity index (χ0) is 34.9. The van der Waals surface area contributed by atoms with Crippen LogP contribution in [0.4, 0.5) is 5.82 Å². The van der Waals surface area contributed by atoms with Crippen LogP contribution in [0.15, 0.2) is 114 Å². The lowest BCUT2D eigenvalue weighted by Crippen LogP contribution is -2.30. The number of thiazole rings is 1. The number of unbranched alkanes of at least 4 members (excludes halogenated alkanes) is 7. The second-order valence-electron chi connectivity index (χ2n) is 12.1. The Hall–Kier alpha value is -4.45. The summed E-state index contributed by atoms with van der Waals surface area (Å²) in [5.74, 6) is -0.00774. The van der Waals surface area contributed by atoms with Crippen molar-refractivity contribution in [3.05, 3.63) is 126 Å². The molecule has 5 aromatic rings. The molecule has 3 heterocycles. The summed E-state index contributed by atoms with van der Waals surface area (Å²) in [6.07, 6.45) is 13.6. The van der Waals surface area contributed by atoms with Gasteiger partial charge in [0.25, 0.3) is 0 Å². The highest BCUT2D eigenvalue weighted by Gasteiger charge is 2.31. The van der Waals surface area contributed by atoms with Crippen LogP contribution in [0, 0.1) is 0 Å². The number of rotatable bonds is 21. The lowest BCUT2D eigenvalue weighted by Gasteiger charge is -2.19. The number of nitrogens with zero attached hydrogens (tertiary/aromatic N) is 3. The summed E-state index contributed by atoms with van der Waals surface area (Å²) in [6, 6.07) is 28.3. The number of carbonyl (C=O) groups is 1. The van der Waals surface area contributed by atoms with Crippen LogP contribution in [0.25, 0.3) is 10.6 Å². The molecule has 262 valence electrons. The summed E-state index contributed by atoms with van der Waals surface area (Å²) in [5.41, 5.74) is 3.59. The third kappa shape index (κ3) is 11.6. The molecule has 1 unspecified atom stereocenters. The Morgan fingerprint density at radius 1 is 0.740 bits per heavy atom. The van der Waals surface area contributed by atoms with Crippen LogP contribution in [-0.4, -0.2) is 42.5 Å². The van der Waals surface area contributed by atoms with Crippen molar-refractivity contribution >= 4 is 33.0 Å². The Balaban J connectivity index is 1.06. The molecule has 11 heteroatoms. The molecular formula is C39H45N5O4S2. The maximum Gasteiger partial charge on any atom is 0.325 e. The number of benzene rings is 2. The van der Waals surface area contributed by atoms with Crippen LogP contribution in [0.2, 0.25) is 0 Å². The summed E-state index contributed by atoms with van der Waals surface area (Å²) >= 11 is 1.56. The number of nitrogens with one attached hydrogen (secondary N) is 2. The largest absolute Gasteiger partial charge is 0.464 e. The maximum absolute atomic E-state index is 13.8. The van der Waals surface area contributed by atoms with E-state index in [4.69, 9.17) is 4.74 Å². The highest BCUT2D eigenvalue weighted by atomic mass is 32.2. The van der Waals surface area contributed by atoms with E-state index < -0.39 is 15.2 Å². The number of anilines is 1. The van der Waals surface area contributed by atoms with E-state index in [1.54, 1.807) is 47.9 Å². The second-order valence-corrected chi connectivity index (χ2v) is 15.0. The number of esters is 1. The van der Waals surface area contributed by atoms with Crippen LogP contribution in [0.3, 0.4) is 0 Å². The van der Waals surface area contributed by atoms with Gasteiger partial charge in [-0.1, -0.05) is 105 Å². The molecule has 5 rings (SSSR count). The molecular weight excluding hydrogens is 667 g/mol. The first-order chi connectivity index (χ1) is 24.5. The van der Waals surface area contributed by atoms with E-state index in [1.165, 1.54) is 49.9 Å². The number of aromatic nitrogens is 3. The molecule has 0 amide bonds. The molecule has 0 saturated carbocycles. The third-order valence-electron chi connectivity index (χ3n) is 8.28. The van der Waals surface area contributed by atoms with Crippen molar-refractivity contribution in [3.63, 3.8) is 0 Å². The molecule has 0 bridgehead atoms. The smallest absolute Gasteiger partial charge is 0.325 e. The van der Waals surface area contributed by atoms with Crippen molar-refractivity contribution in [2.75, 3.05) is 18.5 Å². The number of carbonyl (C=O) groups excluding carboxylic acids is 1. The van der Waals surface area contributed by atoms with Gasteiger partial charge in [0.2, 0.25) is 9.84 Å². The summed E-state index contributed by atoms with van der Waals surface area (Å²) in [4.78, 5) is 25.5. The zero-order valence-electron chi connectivity index (χ0n) is 28.2. The van der Waals surface area contributed by atoms with Crippen LogP contribution >= 0.6 is 11.3 Å². The van der Waals surface area contributed by atoms with Gasteiger partial charge < -0.3 is 10.1 Å². The molecule has 2 N–H and O–H groups in total. The molecule has 0 aliphatic rings. The molecule has 50 heavy (non-hydrogen) atoms. The summed E-state index contributed by atoms with van der Waals surface area (Å²) < 4.78 is 33.0. The predicted molar refractivity (Wildman–Crippen MR) is 199 cm³/mol. The average molecular weight is 712 g/mol. The minimum absolute atomic E-state index is 0.0563. The first-order valence-corrected chi connectivity index (χ1v) is 19.7. The van der Waals surface area contributed by atoms with E-state index in [0.717, 1.165) is 41.8 Å². The van der Waals surface area contributed by atoms with Crippen molar-refractivity contribution < 1.29 is 17.9 Å². The van der Waals surface area contributed by atoms with E-state index in [1.807, 2.05) is 29.6 Å². The summed E-state index contributed by atoms with van der Waals surface area (Å²) in [6.45, 7) is 0.579. The molecule has 2 aromatic carbocycles. The van der Waals surface area contributed by atoms with Crippen LogP contribution in [0.1, 0.15) is 73.6 Å². The van der Waals surface area contributed by atoms with Gasteiger partial charge in [-0.3, -0.25) is 10.1 Å². The molecule has 0 aliphatic heterocycles. The Bertz CT molecular complexity index is 1820. The monoisotopic (exact) mass is 711 g/mol. The molecule has 0 radical (unpaired) electrons. The van der Waals surface area contributed by atoms with Crippen molar-refractivity contribution in [1.82, 2.24) is 20.3 Å². The minimum atomic E-state index is -3.97. The third-order valence-corrected chi connectivity index (χ3v) is 11.0. The highest BCUT2D eigenvalue weighted by molar-refractivity contribution is 7.91.